The zero-order chi connectivity index (χ0) is 30.8. The number of rotatable bonds is 10. The van der Waals surface area contributed by atoms with E-state index in [9.17, 15) is 13.6 Å². The number of imidazole rings is 1. The Morgan fingerprint density at radius 2 is 1.82 bits per heavy atom. The third-order valence-corrected chi connectivity index (χ3v) is 8.53. The van der Waals surface area contributed by atoms with Crippen molar-refractivity contribution in [2.24, 2.45) is 0 Å². The van der Waals surface area contributed by atoms with Gasteiger partial charge in [0, 0.05) is 29.8 Å². The fraction of sp³-hybridized carbons (Fsp3) is 0.441. The molecule has 2 aliphatic rings. The Balaban J connectivity index is 1.15. The van der Waals surface area contributed by atoms with Crippen LogP contribution in [-0.4, -0.2) is 57.3 Å². The van der Waals surface area contributed by atoms with Crippen molar-refractivity contribution in [1.82, 2.24) is 19.4 Å². The van der Waals surface area contributed by atoms with Gasteiger partial charge >= 0.3 is 5.97 Å². The van der Waals surface area contributed by atoms with Gasteiger partial charge in [-0.05, 0) is 95.6 Å². The number of hydrogen-bond acceptors (Lipinski definition) is 7. The molecule has 0 saturated carbocycles. The minimum Gasteiger partial charge on any atom is -0.473 e. The Morgan fingerprint density at radius 1 is 1.02 bits per heavy atom. The summed E-state index contributed by atoms with van der Waals surface area (Å²) in [6.07, 6.45) is 2.77. The molecule has 1 unspecified atom stereocenters. The van der Waals surface area contributed by atoms with Crippen molar-refractivity contribution in [1.29, 1.82) is 0 Å². The number of ether oxygens (including phenoxy) is 3. The summed E-state index contributed by atoms with van der Waals surface area (Å²) in [4.78, 5) is 24.8. The van der Waals surface area contributed by atoms with Crippen LogP contribution in [0.5, 0.6) is 5.88 Å². The molecule has 2 saturated heterocycles. The summed E-state index contributed by atoms with van der Waals surface area (Å²) in [5, 5.41) is 0. The Hall–Kier alpha value is -3.89. The van der Waals surface area contributed by atoms with Crippen LogP contribution in [0.2, 0.25) is 0 Å². The fourth-order valence-electron chi connectivity index (χ4n) is 5.98. The van der Waals surface area contributed by atoms with E-state index in [0.717, 1.165) is 79.7 Å². The van der Waals surface area contributed by atoms with Gasteiger partial charge in [0.1, 0.15) is 24.1 Å². The summed E-state index contributed by atoms with van der Waals surface area (Å²) < 4.78 is 46.7. The number of hydrogen-bond donors (Lipinski definition) is 0. The number of carbonyl (C=O) groups is 1. The normalized spacial score (nSPS) is 18.4. The summed E-state index contributed by atoms with van der Waals surface area (Å²) in [5.74, 6) is 0.259. The van der Waals surface area contributed by atoms with Gasteiger partial charge in [-0.25, -0.2) is 23.5 Å². The van der Waals surface area contributed by atoms with E-state index in [1.165, 1.54) is 0 Å². The van der Waals surface area contributed by atoms with Crippen molar-refractivity contribution in [3.05, 3.63) is 88.9 Å². The lowest BCUT2D eigenvalue weighted by molar-refractivity contribution is -0.0594. The average Bonchev–Trinajstić information content (AvgIpc) is 3.36. The summed E-state index contributed by atoms with van der Waals surface area (Å²) in [6, 6.07) is 14.6. The van der Waals surface area contributed by atoms with Gasteiger partial charge in [0.15, 0.2) is 0 Å². The summed E-state index contributed by atoms with van der Waals surface area (Å²) >= 11 is 0. The van der Waals surface area contributed by atoms with E-state index in [-0.39, 0.29) is 42.3 Å². The van der Waals surface area contributed by atoms with Gasteiger partial charge in [0.25, 0.3) is 0 Å². The largest absolute Gasteiger partial charge is 0.473 e. The van der Waals surface area contributed by atoms with Crippen molar-refractivity contribution in [2.45, 2.75) is 77.4 Å². The molecular weight excluding hydrogens is 566 g/mol. The predicted molar refractivity (Wildman–Crippen MR) is 162 cm³/mol. The lowest BCUT2D eigenvalue weighted by Gasteiger charge is -2.36. The van der Waals surface area contributed by atoms with E-state index in [1.807, 2.05) is 38.1 Å². The van der Waals surface area contributed by atoms with E-state index < -0.39 is 11.6 Å². The standard InChI is InChI=1S/C34H38F2N4O4/c1-21(2)44-34(41)24-7-10-30-31(18-24)40(19-27-13-16-42-27)33(38-30)22(3)39-14-11-23(12-15-39)29-5-4-6-32(37-29)43-20-25-17-26(35)8-9-28(25)36/h4-10,17-18,21-23,27H,11-16,19-20H2,1-3H3/t22?,27-/m0/s1. The minimum absolute atomic E-state index is 0.0540. The molecule has 0 amide bonds. The van der Waals surface area contributed by atoms with E-state index in [2.05, 4.69) is 16.4 Å². The number of fused-ring (bicyclic) bond motifs is 1. The number of esters is 1. The van der Waals surface area contributed by atoms with E-state index in [1.54, 1.807) is 12.1 Å². The van der Waals surface area contributed by atoms with Crippen LogP contribution in [0, 0.1) is 11.6 Å². The number of piperidine rings is 1. The molecule has 0 radical (unpaired) electrons. The summed E-state index contributed by atoms with van der Waals surface area (Å²) in [7, 11) is 0. The maximum atomic E-state index is 14.0. The molecule has 0 aliphatic carbocycles. The molecule has 0 bridgehead atoms. The summed E-state index contributed by atoms with van der Waals surface area (Å²) in [5.41, 5.74) is 3.36. The number of halogens is 2. The second kappa shape index (κ2) is 13.0. The first kappa shape index (κ1) is 30.1. The lowest BCUT2D eigenvalue weighted by atomic mass is 9.92. The molecule has 8 nitrogen and oxygen atoms in total. The highest BCUT2D eigenvalue weighted by molar-refractivity contribution is 5.94. The fourth-order valence-corrected chi connectivity index (χ4v) is 5.98. The highest BCUT2D eigenvalue weighted by Gasteiger charge is 2.30. The lowest BCUT2D eigenvalue weighted by Crippen LogP contribution is -2.37. The molecule has 4 heterocycles. The molecule has 0 spiro atoms. The average molecular weight is 605 g/mol. The van der Waals surface area contributed by atoms with Gasteiger partial charge in [-0.3, -0.25) is 4.90 Å². The number of nitrogens with zero attached hydrogens (tertiary/aromatic N) is 4. The Morgan fingerprint density at radius 3 is 2.55 bits per heavy atom. The third-order valence-electron chi connectivity index (χ3n) is 8.53. The first-order valence-electron chi connectivity index (χ1n) is 15.4. The molecule has 232 valence electrons. The third kappa shape index (κ3) is 6.61. The highest BCUT2D eigenvalue weighted by Crippen LogP contribution is 2.34. The number of pyridine rings is 1. The molecule has 44 heavy (non-hydrogen) atoms. The van der Waals surface area contributed by atoms with Crippen LogP contribution in [-0.2, 0) is 22.6 Å². The predicted octanol–water partition coefficient (Wildman–Crippen LogP) is 6.58. The van der Waals surface area contributed by atoms with Crippen LogP contribution in [0.4, 0.5) is 8.78 Å². The zero-order valence-electron chi connectivity index (χ0n) is 25.3. The monoisotopic (exact) mass is 604 g/mol. The SMILES string of the molecule is CC(C)OC(=O)c1ccc2nc(C(C)N3CCC(c4cccc(OCc5cc(F)ccc5F)n4)CC3)n(C[C@@H]3CCO3)c2c1. The van der Waals surface area contributed by atoms with Crippen molar-refractivity contribution < 1.29 is 27.8 Å². The maximum absolute atomic E-state index is 14.0. The summed E-state index contributed by atoms with van der Waals surface area (Å²) in [6.45, 7) is 8.96. The highest BCUT2D eigenvalue weighted by atomic mass is 19.1. The first-order chi connectivity index (χ1) is 21.2. The van der Waals surface area contributed by atoms with E-state index in [0.29, 0.717) is 18.0 Å². The maximum Gasteiger partial charge on any atom is 0.338 e. The van der Waals surface area contributed by atoms with E-state index in [4.69, 9.17) is 24.2 Å². The second-order valence-electron chi connectivity index (χ2n) is 11.9. The van der Waals surface area contributed by atoms with Crippen LogP contribution >= 0.6 is 0 Å². The number of carbonyl (C=O) groups excluding carboxylic acids is 1. The molecule has 0 N–H and O–H groups in total. The van der Waals surface area contributed by atoms with Gasteiger partial charge in [-0.15, -0.1) is 0 Å². The molecule has 6 rings (SSSR count). The molecule has 2 aromatic heterocycles. The topological polar surface area (TPSA) is 78.7 Å². The van der Waals surface area contributed by atoms with Crippen molar-refractivity contribution >= 4 is 17.0 Å². The molecule has 2 aromatic carbocycles. The smallest absolute Gasteiger partial charge is 0.338 e. The van der Waals surface area contributed by atoms with Crippen molar-refractivity contribution in [3.63, 3.8) is 0 Å². The molecule has 2 atom stereocenters. The van der Waals surface area contributed by atoms with Crippen LogP contribution in [0.1, 0.15) is 79.4 Å². The van der Waals surface area contributed by atoms with Crippen molar-refractivity contribution in [3.8, 4) is 5.88 Å². The van der Waals surface area contributed by atoms with Crippen LogP contribution < -0.4 is 4.74 Å². The first-order valence-corrected chi connectivity index (χ1v) is 15.4. The van der Waals surface area contributed by atoms with Crippen LogP contribution in [0.25, 0.3) is 11.0 Å². The van der Waals surface area contributed by atoms with Gasteiger partial charge in [0.05, 0.1) is 41.4 Å². The number of benzene rings is 2. The molecular formula is C34H38F2N4O4. The number of aromatic nitrogens is 3. The number of likely N-dealkylation sites (tertiary alicyclic amines) is 1. The molecule has 2 fully saturated rings. The zero-order valence-corrected chi connectivity index (χ0v) is 25.3. The molecule has 10 heteroatoms. The Bertz CT molecular complexity index is 1630. The van der Waals surface area contributed by atoms with Crippen LogP contribution in [0.3, 0.4) is 0 Å². The van der Waals surface area contributed by atoms with Gasteiger partial charge in [-0.2, -0.15) is 0 Å². The quantitative estimate of drug-likeness (QED) is 0.189. The molecule has 4 aromatic rings. The second-order valence-corrected chi connectivity index (χ2v) is 11.9. The Kier molecular flexibility index (Phi) is 8.91. The van der Waals surface area contributed by atoms with Gasteiger partial charge in [-0.1, -0.05) is 6.07 Å². The van der Waals surface area contributed by atoms with E-state index >= 15 is 0 Å². The van der Waals surface area contributed by atoms with Crippen LogP contribution in [0.15, 0.2) is 54.6 Å². The molecule has 2 aliphatic heterocycles. The van der Waals surface area contributed by atoms with Gasteiger partial charge < -0.3 is 18.8 Å². The van der Waals surface area contributed by atoms with Crippen molar-refractivity contribution in [2.75, 3.05) is 19.7 Å². The minimum atomic E-state index is -0.508. The Labute approximate surface area is 256 Å². The van der Waals surface area contributed by atoms with Gasteiger partial charge in [0.2, 0.25) is 5.88 Å².